The number of aliphatic hydroxyl groups is 1. The van der Waals surface area contributed by atoms with Crippen LogP contribution < -0.4 is 14.2 Å². The number of hydrogen-bond donors (Lipinski definition) is 1. The normalized spacial score (nSPS) is 11.5. The van der Waals surface area contributed by atoms with Gasteiger partial charge in [-0.25, -0.2) is 0 Å². The summed E-state index contributed by atoms with van der Waals surface area (Å²) in [5, 5.41) is 11.0. The first-order valence-corrected chi connectivity index (χ1v) is 20.7. The SMILES string of the molecule is CCCCCCCCCCOc1ccc(C(=O)/C=C(/O)c2ccc(OCCCCCCCCCC)c(OCCCCCCCCCC)c2)cc1. The Kier molecular flexibility index (Phi) is 25.7. The lowest BCUT2D eigenvalue weighted by Gasteiger charge is -2.14. The molecule has 2 aromatic carbocycles. The number of unbranched alkanes of at least 4 members (excludes halogenated alkanes) is 21. The van der Waals surface area contributed by atoms with Gasteiger partial charge in [-0.3, -0.25) is 4.79 Å². The second-order valence-corrected chi connectivity index (χ2v) is 14.0. The van der Waals surface area contributed by atoms with Crippen molar-refractivity contribution in [3.63, 3.8) is 0 Å². The average molecular weight is 693 g/mol. The molecular formula is C45H72O5. The van der Waals surface area contributed by atoms with Crippen LogP contribution in [0, 0.1) is 0 Å². The summed E-state index contributed by atoms with van der Waals surface area (Å²) in [5.74, 6) is 1.73. The van der Waals surface area contributed by atoms with Gasteiger partial charge in [0.05, 0.1) is 19.8 Å². The Labute approximate surface area is 306 Å². The molecule has 2 aromatic rings. The summed E-state index contributed by atoms with van der Waals surface area (Å²) >= 11 is 0. The Morgan fingerprint density at radius 1 is 0.480 bits per heavy atom. The molecule has 0 aliphatic rings. The third-order valence-corrected chi connectivity index (χ3v) is 9.42. The van der Waals surface area contributed by atoms with Crippen LogP contribution in [0.2, 0.25) is 0 Å². The highest BCUT2D eigenvalue weighted by molar-refractivity contribution is 6.07. The van der Waals surface area contributed by atoms with E-state index in [9.17, 15) is 9.90 Å². The van der Waals surface area contributed by atoms with Crippen molar-refractivity contribution in [2.24, 2.45) is 0 Å². The van der Waals surface area contributed by atoms with Crippen LogP contribution >= 0.6 is 0 Å². The van der Waals surface area contributed by atoms with E-state index < -0.39 is 0 Å². The van der Waals surface area contributed by atoms with Crippen molar-refractivity contribution in [2.45, 2.75) is 175 Å². The molecule has 0 aromatic heterocycles. The van der Waals surface area contributed by atoms with Crippen molar-refractivity contribution >= 4 is 11.5 Å². The lowest BCUT2D eigenvalue weighted by Crippen LogP contribution is -2.04. The predicted molar refractivity (Wildman–Crippen MR) is 212 cm³/mol. The largest absolute Gasteiger partial charge is 0.507 e. The minimum absolute atomic E-state index is 0.0865. The highest BCUT2D eigenvalue weighted by atomic mass is 16.5. The van der Waals surface area contributed by atoms with Gasteiger partial charge >= 0.3 is 0 Å². The van der Waals surface area contributed by atoms with Gasteiger partial charge in [0.15, 0.2) is 17.3 Å². The maximum absolute atomic E-state index is 13.0. The molecular weight excluding hydrogens is 620 g/mol. The van der Waals surface area contributed by atoms with Crippen molar-refractivity contribution in [3.8, 4) is 17.2 Å². The zero-order chi connectivity index (χ0) is 35.9. The summed E-state index contributed by atoms with van der Waals surface area (Å²) in [6.07, 6.45) is 31.3. The molecule has 0 amide bonds. The van der Waals surface area contributed by atoms with Gasteiger partial charge in [-0.15, -0.1) is 0 Å². The van der Waals surface area contributed by atoms with Gasteiger partial charge in [0.1, 0.15) is 11.5 Å². The van der Waals surface area contributed by atoms with E-state index in [-0.39, 0.29) is 11.5 Å². The van der Waals surface area contributed by atoms with Crippen molar-refractivity contribution in [1.82, 2.24) is 0 Å². The topological polar surface area (TPSA) is 65.0 Å². The standard InChI is InChI=1S/C45H72O5/c1-4-7-10-13-16-19-22-25-34-48-41-31-28-39(29-32-41)42(46)38-43(47)40-30-33-44(49-35-26-23-20-17-14-11-8-5-2)45(37-40)50-36-27-24-21-18-15-12-9-6-3/h28-33,37-38,47H,4-27,34-36H2,1-3H3/b43-38+. The minimum Gasteiger partial charge on any atom is -0.507 e. The van der Waals surface area contributed by atoms with Gasteiger partial charge in [-0.1, -0.05) is 156 Å². The molecule has 0 unspecified atom stereocenters. The van der Waals surface area contributed by atoms with Gasteiger partial charge < -0.3 is 19.3 Å². The Morgan fingerprint density at radius 2 is 0.860 bits per heavy atom. The number of allylic oxidation sites excluding steroid dienone is 1. The van der Waals surface area contributed by atoms with Gasteiger partial charge in [0.2, 0.25) is 0 Å². The second kappa shape index (κ2) is 29.7. The summed E-state index contributed by atoms with van der Waals surface area (Å²) in [6, 6.07) is 12.6. The first-order chi connectivity index (χ1) is 24.6. The zero-order valence-electron chi connectivity index (χ0n) is 32.3. The monoisotopic (exact) mass is 693 g/mol. The van der Waals surface area contributed by atoms with Gasteiger partial charge in [-0.05, 0) is 61.7 Å². The molecule has 0 bridgehead atoms. The third-order valence-electron chi connectivity index (χ3n) is 9.42. The molecule has 282 valence electrons. The fraction of sp³-hybridized carbons (Fsp3) is 0.667. The maximum atomic E-state index is 13.0. The van der Waals surface area contributed by atoms with Crippen LogP contribution in [0.25, 0.3) is 5.76 Å². The number of carbonyl (C=O) groups is 1. The van der Waals surface area contributed by atoms with E-state index >= 15 is 0 Å². The van der Waals surface area contributed by atoms with Crippen LogP contribution in [0.4, 0.5) is 0 Å². The molecule has 0 saturated carbocycles. The summed E-state index contributed by atoms with van der Waals surface area (Å²) in [4.78, 5) is 13.0. The quantitative estimate of drug-likeness (QED) is 0.0349. The van der Waals surface area contributed by atoms with Crippen molar-refractivity contribution in [2.75, 3.05) is 19.8 Å². The van der Waals surface area contributed by atoms with E-state index in [1.54, 1.807) is 24.3 Å². The zero-order valence-corrected chi connectivity index (χ0v) is 32.3. The molecule has 0 spiro atoms. The smallest absolute Gasteiger partial charge is 0.189 e. The fourth-order valence-corrected chi connectivity index (χ4v) is 6.17. The van der Waals surface area contributed by atoms with E-state index in [1.807, 2.05) is 18.2 Å². The van der Waals surface area contributed by atoms with Gasteiger partial charge in [0, 0.05) is 17.2 Å². The maximum Gasteiger partial charge on any atom is 0.189 e. The number of rotatable bonds is 33. The number of ketones is 1. The van der Waals surface area contributed by atoms with Gasteiger partial charge in [-0.2, -0.15) is 0 Å². The number of benzene rings is 2. The molecule has 5 nitrogen and oxygen atoms in total. The third kappa shape index (κ3) is 20.7. The minimum atomic E-state index is -0.256. The summed E-state index contributed by atoms with van der Waals surface area (Å²) in [7, 11) is 0. The molecule has 2 rings (SSSR count). The van der Waals surface area contributed by atoms with Crippen LogP contribution in [0.1, 0.15) is 191 Å². The number of ether oxygens (including phenoxy) is 3. The summed E-state index contributed by atoms with van der Waals surface area (Å²) in [6.45, 7) is 8.68. The fourth-order valence-electron chi connectivity index (χ4n) is 6.17. The number of carbonyl (C=O) groups excluding carboxylic acids is 1. The molecule has 1 N–H and O–H groups in total. The average Bonchev–Trinajstić information content (AvgIpc) is 3.13. The Hall–Kier alpha value is -2.95. The van der Waals surface area contributed by atoms with Crippen LogP contribution in [-0.2, 0) is 0 Å². The molecule has 50 heavy (non-hydrogen) atoms. The molecule has 0 fully saturated rings. The van der Waals surface area contributed by atoms with Crippen LogP contribution in [-0.4, -0.2) is 30.7 Å². The van der Waals surface area contributed by atoms with Crippen molar-refractivity contribution < 1.29 is 24.1 Å². The van der Waals surface area contributed by atoms with E-state index in [0.717, 1.165) is 37.9 Å². The van der Waals surface area contributed by atoms with E-state index in [0.29, 0.717) is 42.4 Å². The van der Waals surface area contributed by atoms with Crippen molar-refractivity contribution in [1.29, 1.82) is 0 Å². The van der Waals surface area contributed by atoms with Crippen LogP contribution in [0.15, 0.2) is 48.5 Å². The lowest BCUT2D eigenvalue weighted by atomic mass is 10.1. The second-order valence-electron chi connectivity index (χ2n) is 14.0. The molecule has 0 aliphatic heterocycles. The van der Waals surface area contributed by atoms with E-state index in [2.05, 4.69) is 20.8 Å². The predicted octanol–water partition coefficient (Wildman–Crippen LogP) is 14.0. The van der Waals surface area contributed by atoms with E-state index in [4.69, 9.17) is 14.2 Å². The number of aliphatic hydroxyl groups excluding tert-OH is 1. The van der Waals surface area contributed by atoms with Crippen molar-refractivity contribution in [3.05, 3.63) is 59.7 Å². The Balaban J connectivity index is 1.89. The van der Waals surface area contributed by atoms with E-state index in [1.165, 1.54) is 128 Å². The molecule has 0 atom stereocenters. The van der Waals surface area contributed by atoms with Crippen LogP contribution in [0.5, 0.6) is 17.2 Å². The summed E-state index contributed by atoms with van der Waals surface area (Å²) in [5.41, 5.74) is 1.04. The number of hydrogen-bond acceptors (Lipinski definition) is 5. The molecule has 0 heterocycles. The Bertz CT molecular complexity index is 1140. The highest BCUT2D eigenvalue weighted by Crippen LogP contribution is 2.31. The first-order valence-electron chi connectivity index (χ1n) is 20.7. The first kappa shape index (κ1) is 43.2. The lowest BCUT2D eigenvalue weighted by molar-refractivity contribution is 0.104. The molecule has 5 heteroatoms. The molecule has 0 aliphatic carbocycles. The van der Waals surface area contributed by atoms with Gasteiger partial charge in [0.25, 0.3) is 0 Å². The Morgan fingerprint density at radius 3 is 1.32 bits per heavy atom. The van der Waals surface area contributed by atoms with Crippen LogP contribution in [0.3, 0.4) is 0 Å². The summed E-state index contributed by atoms with van der Waals surface area (Å²) < 4.78 is 18.3. The highest BCUT2D eigenvalue weighted by Gasteiger charge is 2.12. The molecule has 0 radical (unpaired) electrons. The molecule has 0 saturated heterocycles.